The summed E-state index contributed by atoms with van der Waals surface area (Å²) in [6.45, 7) is 7.64. The fourth-order valence-corrected chi connectivity index (χ4v) is 1.87. The van der Waals surface area contributed by atoms with Gasteiger partial charge in [0.25, 0.3) is 0 Å². The number of hydrogen-bond acceptors (Lipinski definition) is 2. The Hall–Kier alpha value is -0.570. The summed E-state index contributed by atoms with van der Waals surface area (Å²) in [6, 6.07) is 0.560. The first-order chi connectivity index (χ1) is 7.15. The average Bonchev–Trinajstić information content (AvgIpc) is 2.25. The zero-order valence-corrected chi connectivity index (χ0v) is 10.6. The van der Waals surface area contributed by atoms with Crippen LogP contribution in [0, 0.1) is 5.92 Å². The van der Waals surface area contributed by atoms with Gasteiger partial charge in [-0.25, -0.2) is 0 Å². The summed E-state index contributed by atoms with van der Waals surface area (Å²) in [5, 5.41) is 6.12. The highest BCUT2D eigenvalue weighted by atomic mass is 16.1. The minimum Gasteiger partial charge on any atom is -0.359 e. The molecule has 0 aromatic heterocycles. The van der Waals surface area contributed by atoms with Crippen LogP contribution in [0.3, 0.4) is 0 Å². The van der Waals surface area contributed by atoms with Crippen LogP contribution in [0.4, 0.5) is 0 Å². The van der Waals surface area contributed by atoms with Crippen LogP contribution in [0.5, 0.6) is 0 Å². The Bertz CT molecular complexity index is 167. The van der Waals surface area contributed by atoms with Crippen molar-refractivity contribution in [3.8, 4) is 0 Å². The molecule has 0 aliphatic heterocycles. The summed E-state index contributed by atoms with van der Waals surface area (Å²) < 4.78 is 0. The molecule has 2 N–H and O–H groups in total. The standard InChI is InChI=1S/C12H26N2O/c1-5-11(6-2)10(3)14-9-7-8-12(15)13-4/h10-11,14H,5-9H2,1-4H3,(H,13,15). The predicted octanol–water partition coefficient (Wildman–Crippen LogP) is 1.93. The summed E-state index contributed by atoms with van der Waals surface area (Å²) in [5.74, 6) is 0.886. The van der Waals surface area contributed by atoms with Crippen molar-refractivity contribution in [3.63, 3.8) is 0 Å². The summed E-state index contributed by atoms with van der Waals surface area (Å²) in [6.07, 6.45) is 3.99. The van der Waals surface area contributed by atoms with Crippen LogP contribution in [0.1, 0.15) is 46.5 Å². The van der Waals surface area contributed by atoms with E-state index in [2.05, 4.69) is 31.4 Å². The average molecular weight is 214 g/mol. The summed E-state index contributed by atoms with van der Waals surface area (Å²) in [7, 11) is 1.68. The third-order valence-electron chi connectivity index (χ3n) is 3.08. The van der Waals surface area contributed by atoms with Gasteiger partial charge < -0.3 is 10.6 Å². The van der Waals surface area contributed by atoms with Gasteiger partial charge in [0, 0.05) is 19.5 Å². The molecule has 0 saturated heterocycles. The highest BCUT2D eigenvalue weighted by molar-refractivity contribution is 5.75. The maximum Gasteiger partial charge on any atom is 0.219 e. The van der Waals surface area contributed by atoms with Crippen molar-refractivity contribution in [2.45, 2.75) is 52.5 Å². The molecule has 0 aliphatic rings. The second-order valence-corrected chi connectivity index (χ2v) is 4.10. The third-order valence-corrected chi connectivity index (χ3v) is 3.08. The van der Waals surface area contributed by atoms with Crippen LogP contribution in [0.2, 0.25) is 0 Å². The Morgan fingerprint density at radius 3 is 2.33 bits per heavy atom. The Morgan fingerprint density at radius 1 is 1.27 bits per heavy atom. The topological polar surface area (TPSA) is 41.1 Å². The van der Waals surface area contributed by atoms with Gasteiger partial charge >= 0.3 is 0 Å². The van der Waals surface area contributed by atoms with E-state index in [0.29, 0.717) is 12.5 Å². The maximum absolute atomic E-state index is 11.0. The van der Waals surface area contributed by atoms with E-state index in [0.717, 1.165) is 18.9 Å². The molecule has 0 radical (unpaired) electrons. The highest BCUT2D eigenvalue weighted by Gasteiger charge is 2.11. The number of amides is 1. The van der Waals surface area contributed by atoms with Crippen molar-refractivity contribution in [2.75, 3.05) is 13.6 Å². The predicted molar refractivity (Wildman–Crippen MR) is 64.8 cm³/mol. The van der Waals surface area contributed by atoms with E-state index in [1.165, 1.54) is 12.8 Å². The van der Waals surface area contributed by atoms with Crippen molar-refractivity contribution in [1.82, 2.24) is 10.6 Å². The molecule has 0 heterocycles. The molecule has 15 heavy (non-hydrogen) atoms. The molecule has 0 spiro atoms. The molecule has 0 aromatic rings. The summed E-state index contributed by atoms with van der Waals surface area (Å²) in [5.41, 5.74) is 0. The largest absolute Gasteiger partial charge is 0.359 e. The molecular formula is C12H26N2O. The number of hydrogen-bond donors (Lipinski definition) is 2. The van der Waals surface area contributed by atoms with E-state index in [4.69, 9.17) is 0 Å². The van der Waals surface area contributed by atoms with Crippen LogP contribution >= 0.6 is 0 Å². The molecule has 90 valence electrons. The fraction of sp³-hybridized carbons (Fsp3) is 0.917. The van der Waals surface area contributed by atoms with Crippen molar-refractivity contribution in [2.24, 2.45) is 5.92 Å². The molecule has 1 amide bonds. The zero-order chi connectivity index (χ0) is 11.7. The first kappa shape index (κ1) is 14.4. The fourth-order valence-electron chi connectivity index (χ4n) is 1.87. The van der Waals surface area contributed by atoms with E-state index < -0.39 is 0 Å². The number of rotatable bonds is 8. The van der Waals surface area contributed by atoms with Gasteiger partial charge in [0.15, 0.2) is 0 Å². The van der Waals surface area contributed by atoms with Gasteiger partial charge in [-0.1, -0.05) is 26.7 Å². The summed E-state index contributed by atoms with van der Waals surface area (Å²) in [4.78, 5) is 11.0. The second-order valence-electron chi connectivity index (χ2n) is 4.10. The minimum atomic E-state index is 0.131. The lowest BCUT2D eigenvalue weighted by atomic mass is 9.95. The molecule has 0 aromatic carbocycles. The number of carbonyl (C=O) groups is 1. The van der Waals surface area contributed by atoms with Crippen LogP contribution in [0.25, 0.3) is 0 Å². The quantitative estimate of drug-likeness (QED) is 0.606. The van der Waals surface area contributed by atoms with E-state index >= 15 is 0 Å². The van der Waals surface area contributed by atoms with Gasteiger partial charge in [-0.2, -0.15) is 0 Å². The lowest BCUT2D eigenvalue weighted by Crippen LogP contribution is -2.34. The SMILES string of the molecule is CCC(CC)C(C)NCCCC(=O)NC. The molecule has 1 unspecified atom stereocenters. The molecule has 1 atom stereocenters. The van der Waals surface area contributed by atoms with Gasteiger partial charge in [0.2, 0.25) is 5.91 Å². The van der Waals surface area contributed by atoms with Gasteiger partial charge in [-0.05, 0) is 25.8 Å². The van der Waals surface area contributed by atoms with Crippen LogP contribution in [0.15, 0.2) is 0 Å². The van der Waals surface area contributed by atoms with Crippen molar-refractivity contribution < 1.29 is 4.79 Å². The molecule has 0 aliphatic carbocycles. The van der Waals surface area contributed by atoms with Crippen LogP contribution < -0.4 is 10.6 Å². The van der Waals surface area contributed by atoms with Gasteiger partial charge in [0.1, 0.15) is 0 Å². The maximum atomic E-state index is 11.0. The van der Waals surface area contributed by atoms with Crippen molar-refractivity contribution >= 4 is 5.91 Å². The Balaban J connectivity index is 3.53. The number of carbonyl (C=O) groups excluding carboxylic acids is 1. The summed E-state index contributed by atoms with van der Waals surface area (Å²) >= 11 is 0. The van der Waals surface area contributed by atoms with Crippen molar-refractivity contribution in [3.05, 3.63) is 0 Å². The van der Waals surface area contributed by atoms with E-state index in [-0.39, 0.29) is 5.91 Å². The molecule has 0 fully saturated rings. The minimum absolute atomic E-state index is 0.131. The first-order valence-electron chi connectivity index (χ1n) is 6.09. The number of nitrogens with one attached hydrogen (secondary N) is 2. The Kier molecular flexibility index (Phi) is 8.38. The molecule has 0 saturated carbocycles. The second kappa shape index (κ2) is 8.72. The smallest absolute Gasteiger partial charge is 0.219 e. The molecular weight excluding hydrogens is 188 g/mol. The third kappa shape index (κ3) is 6.50. The van der Waals surface area contributed by atoms with Gasteiger partial charge in [-0.3, -0.25) is 4.79 Å². The Labute approximate surface area is 94.0 Å². The molecule has 3 heteroatoms. The van der Waals surface area contributed by atoms with Crippen molar-refractivity contribution in [1.29, 1.82) is 0 Å². The first-order valence-corrected chi connectivity index (χ1v) is 6.09. The zero-order valence-electron chi connectivity index (χ0n) is 10.6. The normalized spacial score (nSPS) is 12.9. The monoisotopic (exact) mass is 214 g/mol. The Morgan fingerprint density at radius 2 is 1.87 bits per heavy atom. The van der Waals surface area contributed by atoms with E-state index in [1.54, 1.807) is 7.05 Å². The van der Waals surface area contributed by atoms with E-state index in [1.807, 2.05) is 0 Å². The lowest BCUT2D eigenvalue weighted by molar-refractivity contribution is -0.120. The van der Waals surface area contributed by atoms with Gasteiger partial charge in [0.05, 0.1) is 0 Å². The van der Waals surface area contributed by atoms with E-state index in [9.17, 15) is 4.79 Å². The molecule has 3 nitrogen and oxygen atoms in total. The molecule has 0 rings (SSSR count). The molecule has 0 bridgehead atoms. The van der Waals surface area contributed by atoms with Gasteiger partial charge in [-0.15, -0.1) is 0 Å². The lowest BCUT2D eigenvalue weighted by Gasteiger charge is -2.22. The van der Waals surface area contributed by atoms with Crippen LogP contribution in [-0.2, 0) is 4.79 Å². The highest BCUT2D eigenvalue weighted by Crippen LogP contribution is 2.12. The van der Waals surface area contributed by atoms with Crippen LogP contribution in [-0.4, -0.2) is 25.5 Å².